The monoisotopic (exact) mass is 206 g/mol. The number of fused-ring (bicyclic) bond motifs is 1. The number of carboxylic acids is 1. The molecule has 0 bridgehead atoms. The maximum atomic E-state index is 10.8. The molecule has 0 aliphatic rings. The van der Waals surface area contributed by atoms with Crippen LogP contribution in [0.1, 0.15) is 17.3 Å². The minimum absolute atomic E-state index is 0.226. The van der Waals surface area contributed by atoms with Crippen LogP contribution in [-0.2, 0) is 0 Å². The van der Waals surface area contributed by atoms with Gasteiger partial charge in [-0.25, -0.2) is 9.78 Å². The van der Waals surface area contributed by atoms with Crippen molar-refractivity contribution < 1.29 is 14.7 Å². The zero-order valence-electron chi connectivity index (χ0n) is 8.17. The Morgan fingerprint density at radius 1 is 1.60 bits per heavy atom. The molecule has 15 heavy (non-hydrogen) atoms. The van der Waals surface area contributed by atoms with Gasteiger partial charge in [-0.2, -0.15) is 4.73 Å². The molecular weight excluding hydrogens is 196 g/mol. The van der Waals surface area contributed by atoms with E-state index in [1.54, 1.807) is 12.1 Å². The smallest absolute Gasteiger partial charge is 0.335 e. The first-order valence-electron chi connectivity index (χ1n) is 4.56. The lowest BCUT2D eigenvalue weighted by molar-refractivity contribution is 0.0697. The minimum Gasteiger partial charge on any atom is -0.478 e. The van der Waals surface area contributed by atoms with Crippen LogP contribution in [0.2, 0.25) is 0 Å². The normalized spacial score (nSPS) is 10.5. The SMILES string of the molecule is CCOn1cnc2ccc(C(=O)O)cc21. The van der Waals surface area contributed by atoms with Crippen molar-refractivity contribution in [2.24, 2.45) is 0 Å². The van der Waals surface area contributed by atoms with Crippen molar-refractivity contribution in [2.45, 2.75) is 6.92 Å². The molecule has 1 aromatic carbocycles. The molecule has 0 saturated carbocycles. The number of imidazole rings is 1. The topological polar surface area (TPSA) is 64.4 Å². The van der Waals surface area contributed by atoms with Gasteiger partial charge in [-0.15, -0.1) is 0 Å². The molecule has 0 spiro atoms. The average Bonchev–Trinajstić information content (AvgIpc) is 2.61. The number of rotatable bonds is 3. The Morgan fingerprint density at radius 2 is 2.40 bits per heavy atom. The van der Waals surface area contributed by atoms with E-state index < -0.39 is 5.97 Å². The standard InChI is InChI=1S/C10H10N2O3/c1-2-15-12-6-11-8-4-3-7(10(13)14)5-9(8)12/h3-6H,2H2,1H3,(H,13,14). The number of hydrogen-bond acceptors (Lipinski definition) is 3. The van der Waals surface area contributed by atoms with Gasteiger partial charge in [-0.1, -0.05) is 0 Å². The number of carboxylic acid groups (broad SMARTS) is 1. The van der Waals surface area contributed by atoms with Gasteiger partial charge >= 0.3 is 5.97 Å². The average molecular weight is 206 g/mol. The van der Waals surface area contributed by atoms with Crippen LogP contribution in [0, 0.1) is 0 Å². The Hall–Kier alpha value is -2.04. The molecule has 78 valence electrons. The molecule has 0 saturated heterocycles. The number of aromatic nitrogens is 2. The van der Waals surface area contributed by atoms with E-state index in [-0.39, 0.29) is 5.56 Å². The van der Waals surface area contributed by atoms with Crippen molar-refractivity contribution in [1.82, 2.24) is 9.71 Å². The van der Waals surface area contributed by atoms with Crippen LogP contribution in [0.25, 0.3) is 11.0 Å². The van der Waals surface area contributed by atoms with Gasteiger partial charge in [0.25, 0.3) is 0 Å². The molecule has 0 radical (unpaired) electrons. The fourth-order valence-corrected chi connectivity index (χ4v) is 1.36. The maximum absolute atomic E-state index is 10.8. The van der Waals surface area contributed by atoms with E-state index in [0.717, 1.165) is 0 Å². The van der Waals surface area contributed by atoms with Crippen LogP contribution in [0.15, 0.2) is 24.5 Å². The Bertz CT molecular complexity index is 504. The Kier molecular flexibility index (Phi) is 2.29. The Labute approximate surface area is 85.9 Å². The van der Waals surface area contributed by atoms with Crippen LogP contribution in [0.3, 0.4) is 0 Å². The van der Waals surface area contributed by atoms with Gasteiger partial charge in [-0.3, -0.25) is 0 Å². The molecule has 0 aliphatic carbocycles. The quantitative estimate of drug-likeness (QED) is 0.819. The van der Waals surface area contributed by atoms with Gasteiger partial charge in [0.15, 0.2) is 0 Å². The number of nitrogens with zero attached hydrogens (tertiary/aromatic N) is 2. The van der Waals surface area contributed by atoms with Crippen LogP contribution in [-0.4, -0.2) is 27.4 Å². The van der Waals surface area contributed by atoms with E-state index in [2.05, 4.69) is 4.98 Å². The van der Waals surface area contributed by atoms with Crippen molar-refractivity contribution in [3.63, 3.8) is 0 Å². The molecule has 5 nitrogen and oxygen atoms in total. The van der Waals surface area contributed by atoms with Gasteiger partial charge in [0, 0.05) is 0 Å². The second kappa shape index (κ2) is 3.61. The first kappa shape index (κ1) is 9.51. The molecule has 1 N–H and O–H groups in total. The molecule has 0 atom stereocenters. The summed E-state index contributed by atoms with van der Waals surface area (Å²) in [6.45, 7) is 2.36. The molecule has 2 rings (SSSR count). The zero-order valence-corrected chi connectivity index (χ0v) is 8.17. The largest absolute Gasteiger partial charge is 0.478 e. The summed E-state index contributed by atoms with van der Waals surface area (Å²) in [5.41, 5.74) is 1.61. The summed E-state index contributed by atoms with van der Waals surface area (Å²) in [4.78, 5) is 20.1. The summed E-state index contributed by atoms with van der Waals surface area (Å²) in [5.74, 6) is -0.957. The minimum atomic E-state index is -0.957. The van der Waals surface area contributed by atoms with Crippen LogP contribution in [0.5, 0.6) is 0 Å². The fourth-order valence-electron chi connectivity index (χ4n) is 1.36. The predicted octanol–water partition coefficient (Wildman–Crippen LogP) is 1.18. The molecule has 0 unspecified atom stereocenters. The van der Waals surface area contributed by atoms with Gasteiger partial charge < -0.3 is 9.94 Å². The van der Waals surface area contributed by atoms with E-state index >= 15 is 0 Å². The van der Waals surface area contributed by atoms with Gasteiger partial charge in [-0.05, 0) is 25.1 Å². The van der Waals surface area contributed by atoms with Crippen molar-refractivity contribution >= 4 is 17.0 Å². The highest BCUT2D eigenvalue weighted by Crippen LogP contribution is 2.14. The lowest BCUT2D eigenvalue weighted by atomic mass is 10.2. The highest BCUT2D eigenvalue weighted by atomic mass is 16.7. The first-order valence-corrected chi connectivity index (χ1v) is 4.56. The Balaban J connectivity index is 2.56. The lowest BCUT2D eigenvalue weighted by Crippen LogP contribution is -2.09. The molecule has 1 heterocycles. The van der Waals surface area contributed by atoms with E-state index in [9.17, 15) is 4.79 Å². The van der Waals surface area contributed by atoms with Crippen LogP contribution in [0.4, 0.5) is 0 Å². The van der Waals surface area contributed by atoms with Crippen molar-refractivity contribution in [1.29, 1.82) is 0 Å². The number of aromatic carboxylic acids is 1. The molecular formula is C10H10N2O3. The second-order valence-electron chi connectivity index (χ2n) is 3.00. The highest BCUT2D eigenvalue weighted by Gasteiger charge is 2.07. The number of hydrogen-bond donors (Lipinski definition) is 1. The summed E-state index contributed by atoms with van der Waals surface area (Å²) >= 11 is 0. The van der Waals surface area contributed by atoms with Crippen molar-refractivity contribution in [2.75, 3.05) is 6.61 Å². The fraction of sp³-hybridized carbons (Fsp3) is 0.200. The molecule has 5 heteroatoms. The third-order valence-electron chi connectivity index (χ3n) is 2.03. The molecule has 0 amide bonds. The van der Waals surface area contributed by atoms with Crippen LogP contribution < -0.4 is 4.84 Å². The molecule has 0 fully saturated rings. The van der Waals surface area contributed by atoms with E-state index in [0.29, 0.717) is 17.6 Å². The van der Waals surface area contributed by atoms with Crippen LogP contribution >= 0.6 is 0 Å². The van der Waals surface area contributed by atoms with Crippen molar-refractivity contribution in [3.8, 4) is 0 Å². The van der Waals surface area contributed by atoms with Gasteiger partial charge in [0.2, 0.25) is 0 Å². The summed E-state index contributed by atoms with van der Waals surface area (Å²) in [6.07, 6.45) is 1.53. The zero-order chi connectivity index (χ0) is 10.8. The molecule has 1 aromatic heterocycles. The number of benzene rings is 1. The summed E-state index contributed by atoms with van der Waals surface area (Å²) in [7, 11) is 0. The summed E-state index contributed by atoms with van der Waals surface area (Å²) in [6, 6.07) is 4.72. The second-order valence-corrected chi connectivity index (χ2v) is 3.00. The lowest BCUT2D eigenvalue weighted by Gasteiger charge is -2.03. The Morgan fingerprint density at radius 3 is 3.07 bits per heavy atom. The highest BCUT2D eigenvalue weighted by molar-refractivity contribution is 5.92. The maximum Gasteiger partial charge on any atom is 0.335 e. The van der Waals surface area contributed by atoms with Gasteiger partial charge in [0.1, 0.15) is 18.5 Å². The third-order valence-corrected chi connectivity index (χ3v) is 2.03. The summed E-state index contributed by atoms with van der Waals surface area (Å²) < 4.78 is 1.47. The third kappa shape index (κ3) is 1.63. The van der Waals surface area contributed by atoms with E-state index in [4.69, 9.17) is 9.94 Å². The predicted molar refractivity (Wildman–Crippen MR) is 53.8 cm³/mol. The molecule has 0 aliphatic heterocycles. The van der Waals surface area contributed by atoms with Gasteiger partial charge in [0.05, 0.1) is 11.1 Å². The summed E-state index contributed by atoms with van der Waals surface area (Å²) in [5, 5.41) is 8.83. The first-order chi connectivity index (χ1) is 7.22. The van der Waals surface area contributed by atoms with E-state index in [1.807, 2.05) is 6.92 Å². The number of carbonyl (C=O) groups is 1. The van der Waals surface area contributed by atoms with E-state index in [1.165, 1.54) is 17.1 Å². The molecule has 2 aromatic rings. The van der Waals surface area contributed by atoms with Crippen molar-refractivity contribution in [3.05, 3.63) is 30.1 Å².